The van der Waals surface area contributed by atoms with E-state index in [1.54, 1.807) is 6.20 Å². The fourth-order valence-electron chi connectivity index (χ4n) is 2.26. The quantitative estimate of drug-likeness (QED) is 0.860. The van der Waals surface area contributed by atoms with Gasteiger partial charge in [0, 0.05) is 7.05 Å². The molecule has 21 heavy (non-hydrogen) atoms. The van der Waals surface area contributed by atoms with Crippen molar-refractivity contribution in [3.05, 3.63) is 40.9 Å². The van der Waals surface area contributed by atoms with Gasteiger partial charge in [-0.05, 0) is 30.7 Å². The van der Waals surface area contributed by atoms with Crippen molar-refractivity contribution in [3.8, 4) is 11.5 Å². The number of imidazole rings is 1. The van der Waals surface area contributed by atoms with Crippen LogP contribution in [0.15, 0.2) is 24.4 Å². The second-order valence-electron chi connectivity index (χ2n) is 4.96. The number of fused-ring (bicyclic) bond motifs is 1. The van der Waals surface area contributed by atoms with E-state index < -0.39 is 0 Å². The lowest BCUT2D eigenvalue weighted by Crippen LogP contribution is -2.19. The number of rotatable bonds is 5. The summed E-state index contributed by atoms with van der Waals surface area (Å²) in [6, 6.07) is 6.10. The van der Waals surface area contributed by atoms with Crippen LogP contribution in [0.25, 0.3) is 0 Å². The standard InChI is InChI=1S/C15H18ClN3O2/c1-19-14(16)9-18-15(19)10-17-5-4-11-2-3-12-13(8-11)21-7-6-20-12/h2-3,8-9,17H,4-7,10H2,1H3. The van der Waals surface area contributed by atoms with Crippen molar-refractivity contribution in [1.82, 2.24) is 14.9 Å². The van der Waals surface area contributed by atoms with E-state index in [0.717, 1.165) is 30.3 Å². The van der Waals surface area contributed by atoms with Crippen molar-refractivity contribution in [1.29, 1.82) is 0 Å². The maximum absolute atomic E-state index is 5.95. The predicted octanol–water partition coefficient (Wildman–Crippen LogP) is 2.18. The number of nitrogens with zero attached hydrogens (tertiary/aromatic N) is 2. The van der Waals surface area contributed by atoms with Gasteiger partial charge < -0.3 is 19.4 Å². The highest BCUT2D eigenvalue weighted by Crippen LogP contribution is 2.30. The van der Waals surface area contributed by atoms with Crippen LogP contribution < -0.4 is 14.8 Å². The van der Waals surface area contributed by atoms with E-state index in [2.05, 4.69) is 16.4 Å². The normalized spacial score (nSPS) is 13.4. The largest absolute Gasteiger partial charge is 0.486 e. The Morgan fingerprint density at radius 2 is 2.10 bits per heavy atom. The summed E-state index contributed by atoms with van der Waals surface area (Å²) >= 11 is 5.95. The molecule has 3 rings (SSSR count). The summed E-state index contributed by atoms with van der Waals surface area (Å²) in [4.78, 5) is 4.25. The second-order valence-corrected chi connectivity index (χ2v) is 5.35. The average molecular weight is 308 g/mol. The van der Waals surface area contributed by atoms with Gasteiger partial charge in [0.05, 0.1) is 12.7 Å². The Kier molecular flexibility index (Phi) is 4.31. The Morgan fingerprint density at radius 1 is 1.29 bits per heavy atom. The molecule has 0 radical (unpaired) electrons. The second kappa shape index (κ2) is 6.37. The van der Waals surface area contributed by atoms with Crippen LogP contribution in [0.5, 0.6) is 11.5 Å². The molecular formula is C15H18ClN3O2. The fraction of sp³-hybridized carbons (Fsp3) is 0.400. The van der Waals surface area contributed by atoms with Crippen LogP contribution in [0, 0.1) is 0 Å². The lowest BCUT2D eigenvalue weighted by molar-refractivity contribution is 0.171. The highest BCUT2D eigenvalue weighted by atomic mass is 35.5. The van der Waals surface area contributed by atoms with E-state index in [-0.39, 0.29) is 0 Å². The SMILES string of the molecule is Cn1c(Cl)cnc1CNCCc1ccc2c(c1)OCCO2. The van der Waals surface area contributed by atoms with Gasteiger partial charge in [-0.1, -0.05) is 17.7 Å². The molecule has 1 aromatic heterocycles. The van der Waals surface area contributed by atoms with Crippen LogP contribution in [-0.4, -0.2) is 29.3 Å². The third kappa shape index (κ3) is 3.31. The molecule has 2 heterocycles. The molecule has 0 spiro atoms. The molecule has 6 heteroatoms. The zero-order valence-electron chi connectivity index (χ0n) is 11.9. The molecular weight excluding hydrogens is 290 g/mol. The third-order valence-electron chi connectivity index (χ3n) is 3.51. The predicted molar refractivity (Wildman–Crippen MR) is 81.1 cm³/mol. The molecule has 0 saturated heterocycles. The summed E-state index contributed by atoms with van der Waals surface area (Å²) in [5.74, 6) is 2.61. The summed E-state index contributed by atoms with van der Waals surface area (Å²) in [5.41, 5.74) is 1.23. The summed E-state index contributed by atoms with van der Waals surface area (Å²) in [6.07, 6.45) is 2.59. The van der Waals surface area contributed by atoms with Crippen molar-refractivity contribution in [2.45, 2.75) is 13.0 Å². The highest BCUT2D eigenvalue weighted by molar-refractivity contribution is 6.29. The van der Waals surface area contributed by atoms with Gasteiger partial charge in [-0.25, -0.2) is 4.98 Å². The van der Waals surface area contributed by atoms with E-state index in [9.17, 15) is 0 Å². The number of hydrogen-bond acceptors (Lipinski definition) is 4. The molecule has 1 aliphatic heterocycles. The minimum atomic E-state index is 0.620. The van der Waals surface area contributed by atoms with Crippen LogP contribution in [0.3, 0.4) is 0 Å². The first kappa shape index (κ1) is 14.2. The number of ether oxygens (including phenoxy) is 2. The minimum absolute atomic E-state index is 0.620. The summed E-state index contributed by atoms with van der Waals surface area (Å²) in [6.45, 7) is 2.81. The molecule has 5 nitrogen and oxygen atoms in total. The van der Waals surface area contributed by atoms with Gasteiger partial charge in [0.2, 0.25) is 0 Å². The zero-order valence-corrected chi connectivity index (χ0v) is 12.7. The summed E-state index contributed by atoms with van der Waals surface area (Å²) in [5, 5.41) is 4.02. The van der Waals surface area contributed by atoms with E-state index in [0.29, 0.717) is 24.9 Å². The molecule has 0 unspecified atom stereocenters. The van der Waals surface area contributed by atoms with Gasteiger partial charge in [-0.2, -0.15) is 0 Å². The molecule has 0 fully saturated rings. The van der Waals surface area contributed by atoms with Crippen LogP contribution >= 0.6 is 11.6 Å². The highest BCUT2D eigenvalue weighted by Gasteiger charge is 2.11. The van der Waals surface area contributed by atoms with Crippen molar-refractivity contribution in [3.63, 3.8) is 0 Å². The molecule has 1 N–H and O–H groups in total. The summed E-state index contributed by atoms with van der Waals surface area (Å²) < 4.78 is 13.0. The van der Waals surface area contributed by atoms with Crippen LogP contribution in [-0.2, 0) is 20.0 Å². The van der Waals surface area contributed by atoms with Gasteiger partial charge >= 0.3 is 0 Å². The van der Waals surface area contributed by atoms with E-state index in [4.69, 9.17) is 21.1 Å². The fourth-order valence-corrected chi connectivity index (χ4v) is 2.41. The topological polar surface area (TPSA) is 48.3 Å². The Bertz CT molecular complexity index is 627. The lowest BCUT2D eigenvalue weighted by atomic mass is 10.1. The van der Waals surface area contributed by atoms with E-state index >= 15 is 0 Å². The van der Waals surface area contributed by atoms with Crippen molar-refractivity contribution < 1.29 is 9.47 Å². The number of hydrogen-bond donors (Lipinski definition) is 1. The van der Waals surface area contributed by atoms with Gasteiger partial charge in [-0.3, -0.25) is 0 Å². The minimum Gasteiger partial charge on any atom is -0.486 e. The Morgan fingerprint density at radius 3 is 2.86 bits per heavy atom. The molecule has 2 aromatic rings. The molecule has 112 valence electrons. The number of benzene rings is 1. The van der Waals surface area contributed by atoms with E-state index in [1.807, 2.05) is 23.7 Å². The summed E-state index contributed by atoms with van der Waals surface area (Å²) in [7, 11) is 1.91. The molecule has 1 aromatic carbocycles. The van der Waals surface area contributed by atoms with Gasteiger partial charge in [0.15, 0.2) is 11.5 Å². The first-order chi connectivity index (χ1) is 10.2. The maximum atomic E-state index is 5.95. The van der Waals surface area contributed by atoms with Crippen LogP contribution in [0.4, 0.5) is 0 Å². The first-order valence-corrected chi connectivity index (χ1v) is 7.37. The van der Waals surface area contributed by atoms with Crippen molar-refractivity contribution in [2.75, 3.05) is 19.8 Å². The Hall–Kier alpha value is -1.72. The monoisotopic (exact) mass is 307 g/mol. The van der Waals surface area contributed by atoms with E-state index in [1.165, 1.54) is 5.56 Å². The Balaban J connectivity index is 1.50. The number of halogens is 1. The van der Waals surface area contributed by atoms with Crippen LogP contribution in [0.1, 0.15) is 11.4 Å². The third-order valence-corrected chi connectivity index (χ3v) is 3.86. The first-order valence-electron chi connectivity index (χ1n) is 6.99. The number of aromatic nitrogens is 2. The molecule has 0 atom stereocenters. The molecule has 0 bridgehead atoms. The lowest BCUT2D eigenvalue weighted by Gasteiger charge is -2.18. The molecule has 0 saturated carbocycles. The molecule has 1 aliphatic rings. The van der Waals surface area contributed by atoms with Crippen molar-refractivity contribution in [2.24, 2.45) is 7.05 Å². The average Bonchev–Trinajstić information content (AvgIpc) is 2.83. The van der Waals surface area contributed by atoms with Crippen LogP contribution in [0.2, 0.25) is 5.15 Å². The maximum Gasteiger partial charge on any atom is 0.161 e. The molecule has 0 amide bonds. The zero-order chi connectivity index (χ0) is 14.7. The van der Waals surface area contributed by atoms with Gasteiger partial charge in [0.1, 0.15) is 24.2 Å². The van der Waals surface area contributed by atoms with Crippen molar-refractivity contribution >= 4 is 11.6 Å². The smallest absolute Gasteiger partial charge is 0.161 e. The Labute approximate surface area is 128 Å². The van der Waals surface area contributed by atoms with Gasteiger partial charge in [0.25, 0.3) is 0 Å². The molecule has 0 aliphatic carbocycles. The van der Waals surface area contributed by atoms with Gasteiger partial charge in [-0.15, -0.1) is 0 Å². The number of nitrogens with one attached hydrogen (secondary N) is 1.